The minimum atomic E-state index is -0.782. The van der Waals surface area contributed by atoms with E-state index in [4.69, 9.17) is 0 Å². The molecular formula is C21H13F2N3O2. The SMILES string of the molecule is O=C(Nc1cc(F)ccc1F)c1nn(-c2ccccc2)c(=O)c2ccccc12. The van der Waals surface area contributed by atoms with Crippen LogP contribution >= 0.6 is 0 Å². The number of benzene rings is 3. The number of halogens is 2. The molecule has 0 aliphatic rings. The third-order valence-corrected chi connectivity index (χ3v) is 4.20. The average Bonchev–Trinajstić information content (AvgIpc) is 2.72. The molecule has 1 amide bonds. The molecule has 5 nitrogen and oxygen atoms in total. The summed E-state index contributed by atoms with van der Waals surface area (Å²) in [6.07, 6.45) is 0. The Bertz CT molecular complexity index is 1250. The molecule has 28 heavy (non-hydrogen) atoms. The van der Waals surface area contributed by atoms with E-state index in [-0.39, 0.29) is 16.8 Å². The molecule has 0 bridgehead atoms. The van der Waals surface area contributed by atoms with Crippen LogP contribution in [0.15, 0.2) is 77.6 Å². The molecule has 3 aromatic carbocycles. The van der Waals surface area contributed by atoms with Gasteiger partial charge in [0.05, 0.1) is 16.8 Å². The van der Waals surface area contributed by atoms with E-state index in [2.05, 4.69) is 10.4 Å². The van der Waals surface area contributed by atoms with Gasteiger partial charge in [0, 0.05) is 11.5 Å². The number of rotatable bonds is 3. The van der Waals surface area contributed by atoms with Crippen LogP contribution < -0.4 is 10.9 Å². The molecule has 1 aromatic heterocycles. The van der Waals surface area contributed by atoms with E-state index < -0.39 is 23.1 Å². The molecule has 1 N–H and O–H groups in total. The van der Waals surface area contributed by atoms with Crippen molar-refractivity contribution in [1.82, 2.24) is 9.78 Å². The maximum atomic E-state index is 13.9. The highest BCUT2D eigenvalue weighted by molar-refractivity contribution is 6.11. The van der Waals surface area contributed by atoms with Crippen LogP contribution in [-0.2, 0) is 0 Å². The summed E-state index contributed by atoms with van der Waals surface area (Å²) in [4.78, 5) is 25.6. The van der Waals surface area contributed by atoms with Crippen molar-refractivity contribution < 1.29 is 13.6 Å². The number of amides is 1. The summed E-state index contributed by atoms with van der Waals surface area (Å²) in [5, 5.41) is 7.12. The lowest BCUT2D eigenvalue weighted by atomic mass is 10.1. The van der Waals surface area contributed by atoms with Gasteiger partial charge in [-0.25, -0.2) is 8.78 Å². The molecule has 0 aliphatic carbocycles. The molecule has 7 heteroatoms. The molecule has 0 radical (unpaired) electrons. The predicted molar refractivity (Wildman–Crippen MR) is 102 cm³/mol. The molecule has 4 rings (SSSR count). The Kier molecular flexibility index (Phi) is 4.41. The van der Waals surface area contributed by atoms with Crippen LogP contribution in [0.5, 0.6) is 0 Å². The molecule has 0 atom stereocenters. The lowest BCUT2D eigenvalue weighted by Gasteiger charge is -2.11. The number of nitrogens with zero attached hydrogens (tertiary/aromatic N) is 2. The molecule has 0 unspecified atom stereocenters. The van der Waals surface area contributed by atoms with Gasteiger partial charge in [-0.05, 0) is 30.3 Å². The van der Waals surface area contributed by atoms with Crippen molar-refractivity contribution in [3.8, 4) is 5.69 Å². The number of para-hydroxylation sites is 1. The number of carbonyl (C=O) groups is 1. The molecule has 0 aliphatic heterocycles. The van der Waals surface area contributed by atoms with E-state index >= 15 is 0 Å². The van der Waals surface area contributed by atoms with Crippen molar-refractivity contribution in [2.75, 3.05) is 5.32 Å². The molecular weight excluding hydrogens is 364 g/mol. The highest BCUT2D eigenvalue weighted by Gasteiger charge is 2.19. The topological polar surface area (TPSA) is 64.0 Å². The van der Waals surface area contributed by atoms with Crippen molar-refractivity contribution in [3.63, 3.8) is 0 Å². The maximum absolute atomic E-state index is 13.9. The van der Waals surface area contributed by atoms with Crippen LogP contribution in [0.2, 0.25) is 0 Å². The van der Waals surface area contributed by atoms with E-state index in [0.717, 1.165) is 22.9 Å². The molecule has 4 aromatic rings. The maximum Gasteiger partial charge on any atom is 0.279 e. The van der Waals surface area contributed by atoms with Gasteiger partial charge < -0.3 is 5.32 Å². The van der Waals surface area contributed by atoms with Gasteiger partial charge in [0.25, 0.3) is 11.5 Å². The Morgan fingerprint density at radius 2 is 1.57 bits per heavy atom. The highest BCUT2D eigenvalue weighted by atomic mass is 19.1. The Morgan fingerprint density at radius 1 is 0.893 bits per heavy atom. The third kappa shape index (κ3) is 3.14. The average molecular weight is 377 g/mol. The van der Waals surface area contributed by atoms with E-state index in [1.165, 1.54) is 0 Å². The molecule has 0 saturated carbocycles. The largest absolute Gasteiger partial charge is 0.318 e. The first-order valence-electron chi connectivity index (χ1n) is 8.38. The monoisotopic (exact) mass is 377 g/mol. The second-order valence-corrected chi connectivity index (χ2v) is 6.02. The summed E-state index contributed by atoms with van der Waals surface area (Å²) in [6.45, 7) is 0. The molecule has 0 fully saturated rings. The van der Waals surface area contributed by atoms with Crippen molar-refractivity contribution >= 4 is 22.4 Å². The number of carbonyl (C=O) groups excluding carboxylic acids is 1. The minimum absolute atomic E-state index is 0.0808. The lowest BCUT2D eigenvalue weighted by molar-refractivity contribution is 0.102. The van der Waals surface area contributed by atoms with Crippen LogP contribution in [0.3, 0.4) is 0 Å². The Hall–Kier alpha value is -3.87. The number of anilines is 1. The van der Waals surface area contributed by atoms with Crippen LogP contribution in [0, 0.1) is 11.6 Å². The van der Waals surface area contributed by atoms with Crippen molar-refractivity contribution in [1.29, 1.82) is 0 Å². The second kappa shape index (κ2) is 7.03. The fourth-order valence-corrected chi connectivity index (χ4v) is 2.88. The normalized spacial score (nSPS) is 10.8. The first kappa shape index (κ1) is 17.5. The Morgan fingerprint density at radius 3 is 2.32 bits per heavy atom. The fraction of sp³-hybridized carbons (Fsp3) is 0. The highest BCUT2D eigenvalue weighted by Crippen LogP contribution is 2.19. The Labute approximate surface area is 157 Å². The first-order chi connectivity index (χ1) is 13.5. The Balaban J connectivity index is 1.88. The van der Waals surface area contributed by atoms with E-state index in [1.54, 1.807) is 54.6 Å². The van der Waals surface area contributed by atoms with Gasteiger partial charge in [-0.15, -0.1) is 0 Å². The quantitative estimate of drug-likeness (QED) is 0.589. The fourth-order valence-electron chi connectivity index (χ4n) is 2.88. The van der Waals surface area contributed by atoms with Gasteiger partial charge in [0.15, 0.2) is 5.69 Å². The van der Waals surface area contributed by atoms with E-state index in [0.29, 0.717) is 11.1 Å². The minimum Gasteiger partial charge on any atom is -0.318 e. The van der Waals surface area contributed by atoms with Gasteiger partial charge in [-0.1, -0.05) is 36.4 Å². The van der Waals surface area contributed by atoms with E-state index in [9.17, 15) is 18.4 Å². The van der Waals surface area contributed by atoms with Crippen molar-refractivity contribution in [2.24, 2.45) is 0 Å². The molecule has 138 valence electrons. The van der Waals surface area contributed by atoms with Crippen LogP contribution in [0.25, 0.3) is 16.5 Å². The number of fused-ring (bicyclic) bond motifs is 1. The zero-order chi connectivity index (χ0) is 19.7. The lowest BCUT2D eigenvalue weighted by Crippen LogP contribution is -2.26. The zero-order valence-electron chi connectivity index (χ0n) is 14.4. The van der Waals surface area contributed by atoms with Gasteiger partial charge in [0.1, 0.15) is 11.6 Å². The summed E-state index contributed by atoms with van der Waals surface area (Å²) >= 11 is 0. The van der Waals surface area contributed by atoms with Gasteiger partial charge in [-0.3, -0.25) is 9.59 Å². The number of nitrogens with one attached hydrogen (secondary N) is 1. The molecule has 0 saturated heterocycles. The number of hydrogen-bond donors (Lipinski definition) is 1. The predicted octanol–water partition coefficient (Wildman–Crippen LogP) is 3.92. The summed E-state index contributed by atoms with van der Waals surface area (Å²) in [5.74, 6) is -2.23. The smallest absolute Gasteiger partial charge is 0.279 e. The standard InChI is InChI=1S/C21H13F2N3O2/c22-13-10-11-17(23)18(12-13)24-20(27)19-15-8-4-5-9-16(15)21(28)26(25-19)14-6-2-1-3-7-14/h1-12H,(H,24,27). The van der Waals surface area contributed by atoms with Crippen molar-refractivity contribution in [2.45, 2.75) is 0 Å². The van der Waals surface area contributed by atoms with Gasteiger partial charge in [0.2, 0.25) is 0 Å². The summed E-state index contributed by atoms with van der Waals surface area (Å²) in [7, 11) is 0. The molecule has 0 spiro atoms. The van der Waals surface area contributed by atoms with Crippen LogP contribution in [-0.4, -0.2) is 15.7 Å². The number of aromatic nitrogens is 2. The summed E-state index contributed by atoms with van der Waals surface area (Å²) in [6, 6.07) is 17.9. The van der Waals surface area contributed by atoms with Gasteiger partial charge >= 0.3 is 0 Å². The van der Waals surface area contributed by atoms with Crippen LogP contribution in [0.4, 0.5) is 14.5 Å². The van der Waals surface area contributed by atoms with Crippen LogP contribution in [0.1, 0.15) is 10.5 Å². The van der Waals surface area contributed by atoms with Gasteiger partial charge in [-0.2, -0.15) is 9.78 Å². The van der Waals surface area contributed by atoms with E-state index in [1.807, 2.05) is 0 Å². The summed E-state index contributed by atoms with van der Waals surface area (Å²) in [5.41, 5.74) is -0.310. The number of hydrogen-bond acceptors (Lipinski definition) is 3. The zero-order valence-corrected chi connectivity index (χ0v) is 14.4. The third-order valence-electron chi connectivity index (χ3n) is 4.20. The second-order valence-electron chi connectivity index (χ2n) is 6.02. The van der Waals surface area contributed by atoms with Crippen molar-refractivity contribution in [3.05, 3.63) is 100 Å². The summed E-state index contributed by atoms with van der Waals surface area (Å²) < 4.78 is 28.4. The first-order valence-corrected chi connectivity index (χ1v) is 8.38. The molecule has 1 heterocycles.